The fraction of sp³-hybridized carbons (Fsp3) is 0.667. The van der Waals surface area contributed by atoms with E-state index < -0.39 is 29.2 Å². The second-order valence-corrected chi connectivity index (χ2v) is 9.39. The summed E-state index contributed by atoms with van der Waals surface area (Å²) in [5, 5.41) is 11.2. The molecule has 0 aliphatic heterocycles. The van der Waals surface area contributed by atoms with Gasteiger partial charge in [-0.25, -0.2) is 0 Å². The number of carbonyl (C=O) groups is 2. The summed E-state index contributed by atoms with van der Waals surface area (Å²) in [6.07, 6.45) is 7.04. The third-order valence-corrected chi connectivity index (χ3v) is 6.23. The van der Waals surface area contributed by atoms with Gasteiger partial charge in [0.05, 0.1) is 5.60 Å². The number of aliphatic hydroxyl groups is 1. The molecule has 5 heteroatoms. The highest BCUT2D eigenvalue weighted by Crippen LogP contribution is 2.50. The van der Waals surface area contributed by atoms with Crippen LogP contribution in [-0.2, 0) is 19.1 Å². The van der Waals surface area contributed by atoms with Gasteiger partial charge in [0.1, 0.15) is 5.60 Å². The van der Waals surface area contributed by atoms with E-state index in [1.807, 2.05) is 13.0 Å². The maximum Gasteiger partial charge on any atom is 0.303 e. The third-order valence-electron chi connectivity index (χ3n) is 6.23. The molecule has 0 heterocycles. The van der Waals surface area contributed by atoms with Crippen molar-refractivity contribution >= 4 is 11.9 Å². The summed E-state index contributed by atoms with van der Waals surface area (Å²) in [6, 6.07) is 0. The van der Waals surface area contributed by atoms with Gasteiger partial charge in [0.15, 0.2) is 6.10 Å². The molecule has 0 unspecified atom stereocenters. The van der Waals surface area contributed by atoms with E-state index >= 15 is 0 Å². The van der Waals surface area contributed by atoms with Crippen LogP contribution in [-0.4, -0.2) is 34.4 Å². The zero-order chi connectivity index (χ0) is 22.6. The van der Waals surface area contributed by atoms with Crippen LogP contribution in [0, 0.1) is 17.3 Å². The van der Waals surface area contributed by atoms with Crippen molar-refractivity contribution in [2.75, 3.05) is 0 Å². The Balaban J connectivity index is 3.09. The van der Waals surface area contributed by atoms with Crippen LogP contribution in [0.1, 0.15) is 67.7 Å². The van der Waals surface area contributed by atoms with Crippen LogP contribution in [0.2, 0.25) is 0 Å². The lowest BCUT2D eigenvalue weighted by Gasteiger charge is -2.46. The van der Waals surface area contributed by atoms with Crippen molar-refractivity contribution in [3.8, 4) is 0 Å². The highest BCUT2D eigenvalue weighted by atomic mass is 16.6. The topological polar surface area (TPSA) is 72.8 Å². The first-order valence-electron chi connectivity index (χ1n) is 10.2. The van der Waals surface area contributed by atoms with Gasteiger partial charge < -0.3 is 14.6 Å². The average Bonchev–Trinajstić information content (AvgIpc) is 2.56. The summed E-state index contributed by atoms with van der Waals surface area (Å²) >= 11 is 0. The van der Waals surface area contributed by atoms with Gasteiger partial charge >= 0.3 is 11.9 Å². The maximum atomic E-state index is 11.6. The largest absolute Gasteiger partial charge is 0.456 e. The number of ether oxygens (including phenoxy) is 2. The Morgan fingerprint density at radius 2 is 1.79 bits per heavy atom. The van der Waals surface area contributed by atoms with Crippen molar-refractivity contribution in [3.05, 3.63) is 37.0 Å². The number of carbonyl (C=O) groups excluding carboxylic acids is 2. The number of allylic oxidation sites excluding steroid dienone is 2. The SMILES string of the molecule is C=C[C@@]1(C)CC[C@H]([C@](C)(O)/C=C/[C@H](OC(C)=O)C(C)(C)OC(C)=O)C[C@@H]1C(=C)C. The van der Waals surface area contributed by atoms with Gasteiger partial charge in [0, 0.05) is 13.8 Å². The Morgan fingerprint density at radius 3 is 2.24 bits per heavy atom. The smallest absolute Gasteiger partial charge is 0.303 e. The van der Waals surface area contributed by atoms with Gasteiger partial charge in [0.2, 0.25) is 0 Å². The van der Waals surface area contributed by atoms with Crippen molar-refractivity contribution in [1.29, 1.82) is 0 Å². The highest BCUT2D eigenvalue weighted by molar-refractivity contribution is 5.68. The van der Waals surface area contributed by atoms with Gasteiger partial charge in [-0.2, -0.15) is 0 Å². The Kier molecular flexibility index (Phi) is 8.06. The molecule has 1 fully saturated rings. The lowest BCUT2D eigenvalue weighted by atomic mass is 9.59. The molecule has 1 aliphatic carbocycles. The molecule has 5 atom stereocenters. The number of esters is 2. The Labute approximate surface area is 175 Å². The molecule has 0 bridgehead atoms. The first-order valence-corrected chi connectivity index (χ1v) is 10.2. The van der Waals surface area contributed by atoms with Crippen LogP contribution in [0.5, 0.6) is 0 Å². The molecule has 29 heavy (non-hydrogen) atoms. The molecule has 0 saturated heterocycles. The van der Waals surface area contributed by atoms with Crippen LogP contribution < -0.4 is 0 Å². The zero-order valence-corrected chi connectivity index (χ0v) is 19.1. The molecule has 0 aromatic carbocycles. The quantitative estimate of drug-likeness (QED) is 0.465. The fourth-order valence-corrected chi connectivity index (χ4v) is 4.31. The van der Waals surface area contributed by atoms with E-state index in [4.69, 9.17) is 9.47 Å². The van der Waals surface area contributed by atoms with Crippen molar-refractivity contribution in [2.45, 2.75) is 85.0 Å². The van der Waals surface area contributed by atoms with E-state index in [-0.39, 0.29) is 17.3 Å². The molecule has 0 radical (unpaired) electrons. The number of hydrogen-bond donors (Lipinski definition) is 1. The molecule has 164 valence electrons. The number of rotatable bonds is 8. The van der Waals surface area contributed by atoms with E-state index in [1.54, 1.807) is 32.9 Å². The Hall–Kier alpha value is -1.88. The molecule has 0 aromatic heterocycles. The van der Waals surface area contributed by atoms with Gasteiger partial charge in [-0.3, -0.25) is 9.59 Å². The van der Waals surface area contributed by atoms with E-state index in [9.17, 15) is 14.7 Å². The summed E-state index contributed by atoms with van der Waals surface area (Å²) in [5.41, 5.74) is -1.11. The predicted molar refractivity (Wildman–Crippen MR) is 115 cm³/mol. The lowest BCUT2D eigenvalue weighted by molar-refractivity contribution is -0.173. The normalized spacial score (nSPS) is 28.3. The summed E-state index contributed by atoms with van der Waals surface area (Å²) in [4.78, 5) is 23.0. The lowest BCUT2D eigenvalue weighted by Crippen LogP contribution is -2.44. The second kappa shape index (κ2) is 9.29. The van der Waals surface area contributed by atoms with Crippen molar-refractivity contribution in [2.24, 2.45) is 17.3 Å². The van der Waals surface area contributed by atoms with Gasteiger partial charge in [-0.05, 0) is 70.3 Å². The molecule has 0 aromatic rings. The van der Waals surface area contributed by atoms with Crippen LogP contribution in [0.25, 0.3) is 0 Å². The van der Waals surface area contributed by atoms with Gasteiger partial charge in [-0.1, -0.05) is 31.2 Å². The van der Waals surface area contributed by atoms with Crippen LogP contribution in [0.15, 0.2) is 37.0 Å². The van der Waals surface area contributed by atoms with Gasteiger partial charge in [-0.15, -0.1) is 6.58 Å². The molecule has 5 nitrogen and oxygen atoms in total. The van der Waals surface area contributed by atoms with E-state index in [1.165, 1.54) is 13.8 Å². The monoisotopic (exact) mass is 406 g/mol. The highest BCUT2D eigenvalue weighted by Gasteiger charge is 2.43. The maximum absolute atomic E-state index is 11.6. The standard InChI is InChI=1S/C24H38O5/c1-10-23(8)13-11-19(15-20(23)16(2)3)24(9,27)14-12-21(28-17(4)25)22(6,7)29-18(5)26/h10,12,14,19-21,27H,1-2,11,13,15H2,3-9H3/b14-12+/t19-,20+,21-,23-,24+/m0/s1. The van der Waals surface area contributed by atoms with E-state index in [2.05, 4.69) is 20.1 Å². The molecule has 1 rings (SSSR count). The Morgan fingerprint density at radius 1 is 1.21 bits per heavy atom. The molecule has 1 N–H and O–H groups in total. The minimum Gasteiger partial charge on any atom is -0.456 e. The summed E-state index contributed by atoms with van der Waals surface area (Å²) in [6.45, 7) is 20.1. The minimum atomic E-state index is -1.11. The minimum absolute atomic E-state index is 0.0169. The van der Waals surface area contributed by atoms with Crippen LogP contribution in [0.4, 0.5) is 0 Å². The molecule has 1 aliphatic rings. The molecular formula is C24H38O5. The Bertz CT molecular complexity index is 673. The summed E-state index contributed by atoms with van der Waals surface area (Å²) in [5.74, 6) is -0.697. The zero-order valence-electron chi connectivity index (χ0n) is 19.1. The van der Waals surface area contributed by atoms with Gasteiger partial charge in [0.25, 0.3) is 0 Å². The predicted octanol–water partition coefficient (Wildman–Crippen LogP) is 4.75. The van der Waals surface area contributed by atoms with Crippen LogP contribution >= 0.6 is 0 Å². The van der Waals surface area contributed by atoms with Crippen molar-refractivity contribution in [3.63, 3.8) is 0 Å². The summed E-state index contributed by atoms with van der Waals surface area (Å²) in [7, 11) is 0. The fourth-order valence-electron chi connectivity index (χ4n) is 4.31. The number of hydrogen-bond acceptors (Lipinski definition) is 5. The second-order valence-electron chi connectivity index (χ2n) is 9.39. The average molecular weight is 407 g/mol. The molecule has 0 amide bonds. The van der Waals surface area contributed by atoms with E-state index in [0.29, 0.717) is 0 Å². The van der Waals surface area contributed by atoms with Crippen molar-refractivity contribution in [1.82, 2.24) is 0 Å². The van der Waals surface area contributed by atoms with Crippen LogP contribution in [0.3, 0.4) is 0 Å². The first kappa shape index (κ1) is 25.2. The molecule has 0 spiro atoms. The van der Waals surface area contributed by atoms with E-state index in [0.717, 1.165) is 24.8 Å². The first-order chi connectivity index (χ1) is 13.1. The summed E-state index contributed by atoms with van der Waals surface area (Å²) < 4.78 is 10.7. The van der Waals surface area contributed by atoms with Crippen molar-refractivity contribution < 1.29 is 24.2 Å². The molecular weight excluding hydrogens is 368 g/mol. The third kappa shape index (κ3) is 6.56. The molecule has 1 saturated carbocycles.